The topological polar surface area (TPSA) is 101 Å². The molecule has 0 aliphatic heterocycles. The van der Waals surface area contributed by atoms with Crippen LogP contribution in [-0.4, -0.2) is 39.4 Å². The number of nitro benzene ring substituents is 1. The van der Waals surface area contributed by atoms with Gasteiger partial charge >= 0.3 is 5.97 Å². The van der Waals surface area contributed by atoms with Gasteiger partial charge < -0.3 is 10.0 Å². The van der Waals surface area contributed by atoms with Gasteiger partial charge in [-0.3, -0.25) is 14.9 Å². The predicted octanol–water partition coefficient (Wildman–Crippen LogP) is 2.29. The number of likely N-dealkylation sites (N-methyl/N-ethyl adjacent to an activating group) is 1. The highest BCUT2D eigenvalue weighted by atomic mass is 79.9. The molecule has 108 valence electrons. The third-order valence-corrected chi connectivity index (χ3v) is 3.91. The summed E-state index contributed by atoms with van der Waals surface area (Å²) >= 11 is 3.02. The number of carbonyl (C=O) groups excluding carboxylic acids is 1. The van der Waals surface area contributed by atoms with Gasteiger partial charge in [-0.2, -0.15) is 0 Å². The normalized spacial score (nSPS) is 11.0. The molecule has 1 amide bonds. The Morgan fingerprint density at radius 1 is 1.40 bits per heavy atom. The Balaban J connectivity index is 3.26. The smallest absolute Gasteiger partial charge is 0.329 e. The average Bonchev–Trinajstić information content (AvgIpc) is 2.36. The summed E-state index contributed by atoms with van der Waals surface area (Å²) in [7, 11) is 1.34. The van der Waals surface area contributed by atoms with Crippen molar-refractivity contribution in [1.82, 2.24) is 4.90 Å². The summed E-state index contributed by atoms with van der Waals surface area (Å²) < 4.78 is 0.0306. The zero-order valence-corrected chi connectivity index (χ0v) is 12.7. The number of carbonyl (C=O) groups is 2. The molecule has 0 heterocycles. The standard InChI is InChI=1S/C12H13BrN2O5/c1-12(2,11(17)18)14(3)10(16)7-5-4-6-8(9(7)13)15(19)20/h4-6H,1-3H3,(H,17,18). The molecule has 1 N–H and O–H groups in total. The van der Waals surface area contributed by atoms with Crippen molar-refractivity contribution < 1.29 is 19.6 Å². The first-order chi connectivity index (χ1) is 9.10. The van der Waals surface area contributed by atoms with E-state index in [1.54, 1.807) is 0 Å². The summed E-state index contributed by atoms with van der Waals surface area (Å²) in [5, 5.41) is 19.9. The lowest BCUT2D eigenvalue weighted by Crippen LogP contribution is -2.50. The third kappa shape index (κ3) is 2.79. The van der Waals surface area contributed by atoms with E-state index in [-0.39, 0.29) is 15.7 Å². The Morgan fingerprint density at radius 3 is 2.40 bits per heavy atom. The number of benzene rings is 1. The summed E-state index contributed by atoms with van der Waals surface area (Å²) in [5.41, 5.74) is -1.64. The van der Waals surface area contributed by atoms with Crippen LogP contribution in [-0.2, 0) is 4.79 Å². The molecule has 0 spiro atoms. The fourth-order valence-corrected chi connectivity index (χ4v) is 1.98. The van der Waals surface area contributed by atoms with E-state index in [9.17, 15) is 19.7 Å². The highest BCUT2D eigenvalue weighted by molar-refractivity contribution is 9.10. The van der Waals surface area contributed by atoms with Gasteiger partial charge in [-0.25, -0.2) is 4.79 Å². The fourth-order valence-electron chi connectivity index (χ4n) is 1.40. The minimum Gasteiger partial charge on any atom is -0.480 e. The van der Waals surface area contributed by atoms with Crippen LogP contribution in [0.15, 0.2) is 22.7 Å². The monoisotopic (exact) mass is 344 g/mol. The van der Waals surface area contributed by atoms with Crippen LogP contribution in [0.4, 0.5) is 5.69 Å². The number of aliphatic carboxylic acids is 1. The van der Waals surface area contributed by atoms with Crippen molar-refractivity contribution in [3.05, 3.63) is 38.3 Å². The van der Waals surface area contributed by atoms with E-state index in [0.717, 1.165) is 4.90 Å². The quantitative estimate of drug-likeness (QED) is 0.666. The minimum absolute atomic E-state index is 0.0306. The van der Waals surface area contributed by atoms with Gasteiger partial charge in [-0.15, -0.1) is 0 Å². The lowest BCUT2D eigenvalue weighted by molar-refractivity contribution is -0.385. The molecule has 0 bridgehead atoms. The van der Waals surface area contributed by atoms with Gasteiger partial charge in [0.1, 0.15) is 10.0 Å². The van der Waals surface area contributed by atoms with Crippen molar-refractivity contribution in [1.29, 1.82) is 0 Å². The largest absolute Gasteiger partial charge is 0.480 e. The van der Waals surface area contributed by atoms with Gasteiger partial charge in [-0.1, -0.05) is 6.07 Å². The molecular weight excluding hydrogens is 332 g/mol. The third-order valence-electron chi connectivity index (χ3n) is 3.07. The van der Waals surface area contributed by atoms with Crippen LogP contribution >= 0.6 is 15.9 Å². The maximum Gasteiger partial charge on any atom is 0.329 e. The van der Waals surface area contributed by atoms with Crippen LogP contribution in [0.25, 0.3) is 0 Å². The Morgan fingerprint density at radius 2 is 1.95 bits per heavy atom. The molecule has 0 atom stereocenters. The number of amides is 1. The lowest BCUT2D eigenvalue weighted by atomic mass is 10.0. The van der Waals surface area contributed by atoms with E-state index < -0.39 is 22.3 Å². The van der Waals surface area contributed by atoms with Crippen molar-refractivity contribution in [2.24, 2.45) is 0 Å². The second-order valence-electron chi connectivity index (χ2n) is 4.62. The maximum absolute atomic E-state index is 12.3. The molecule has 0 radical (unpaired) electrons. The molecule has 1 aromatic rings. The van der Waals surface area contributed by atoms with Gasteiger partial charge in [0.25, 0.3) is 11.6 Å². The van der Waals surface area contributed by atoms with Gasteiger partial charge in [-0.05, 0) is 35.8 Å². The number of hydrogen-bond acceptors (Lipinski definition) is 4. The number of hydrogen-bond donors (Lipinski definition) is 1. The maximum atomic E-state index is 12.3. The SMILES string of the molecule is CN(C(=O)c1cccc([N+](=O)[O-])c1Br)C(C)(C)C(=O)O. The van der Waals surface area contributed by atoms with Gasteiger partial charge in [0.05, 0.1) is 10.5 Å². The zero-order chi connectivity index (χ0) is 15.7. The number of carboxylic acid groups (broad SMARTS) is 1. The van der Waals surface area contributed by atoms with Crippen LogP contribution in [0.5, 0.6) is 0 Å². The van der Waals surface area contributed by atoms with Gasteiger partial charge in [0.15, 0.2) is 0 Å². The first-order valence-corrected chi connectivity index (χ1v) is 6.34. The second kappa shape index (κ2) is 5.58. The van der Waals surface area contributed by atoms with E-state index >= 15 is 0 Å². The minimum atomic E-state index is -1.43. The van der Waals surface area contributed by atoms with Crippen molar-refractivity contribution >= 4 is 33.5 Å². The molecular formula is C12H13BrN2O5. The second-order valence-corrected chi connectivity index (χ2v) is 5.42. The van der Waals surface area contributed by atoms with Crippen molar-refractivity contribution in [3.63, 3.8) is 0 Å². The first-order valence-electron chi connectivity index (χ1n) is 5.55. The highest BCUT2D eigenvalue weighted by Gasteiger charge is 2.36. The van der Waals surface area contributed by atoms with Crippen molar-refractivity contribution in [2.45, 2.75) is 19.4 Å². The molecule has 20 heavy (non-hydrogen) atoms. The van der Waals surface area contributed by atoms with Crippen LogP contribution in [0.3, 0.4) is 0 Å². The molecule has 0 saturated heterocycles. The number of carboxylic acids is 1. The lowest BCUT2D eigenvalue weighted by Gasteiger charge is -2.31. The fraction of sp³-hybridized carbons (Fsp3) is 0.333. The molecule has 0 aliphatic carbocycles. The molecule has 7 nitrogen and oxygen atoms in total. The Labute approximate surface area is 123 Å². The molecule has 8 heteroatoms. The van der Waals surface area contributed by atoms with E-state index in [0.29, 0.717) is 0 Å². The molecule has 0 unspecified atom stereocenters. The number of halogens is 1. The first kappa shape index (κ1) is 16.1. The highest BCUT2D eigenvalue weighted by Crippen LogP contribution is 2.30. The Kier molecular flexibility index (Phi) is 4.49. The molecule has 1 rings (SSSR count). The summed E-state index contributed by atoms with van der Waals surface area (Å²) in [6, 6.07) is 4.02. The van der Waals surface area contributed by atoms with E-state index in [1.165, 1.54) is 39.1 Å². The summed E-state index contributed by atoms with van der Waals surface area (Å²) in [6.07, 6.45) is 0. The Hall–Kier alpha value is -1.96. The van der Waals surface area contributed by atoms with Crippen molar-refractivity contribution in [3.8, 4) is 0 Å². The van der Waals surface area contributed by atoms with Gasteiger partial charge in [0, 0.05) is 13.1 Å². The predicted molar refractivity (Wildman–Crippen MR) is 74.6 cm³/mol. The number of nitro groups is 1. The number of rotatable bonds is 4. The average molecular weight is 345 g/mol. The van der Waals surface area contributed by atoms with E-state index in [4.69, 9.17) is 5.11 Å². The molecule has 0 fully saturated rings. The summed E-state index contributed by atoms with van der Waals surface area (Å²) in [6.45, 7) is 2.75. The van der Waals surface area contributed by atoms with Crippen LogP contribution in [0, 0.1) is 10.1 Å². The molecule has 1 aromatic carbocycles. The molecule has 0 saturated carbocycles. The Bertz CT molecular complexity index is 585. The summed E-state index contributed by atoms with van der Waals surface area (Å²) in [4.78, 5) is 34.7. The summed E-state index contributed by atoms with van der Waals surface area (Å²) in [5.74, 6) is -1.79. The van der Waals surface area contributed by atoms with Crippen LogP contribution in [0.2, 0.25) is 0 Å². The van der Waals surface area contributed by atoms with Crippen molar-refractivity contribution in [2.75, 3.05) is 7.05 Å². The molecule has 0 aromatic heterocycles. The number of nitrogens with zero attached hydrogens (tertiary/aromatic N) is 2. The van der Waals surface area contributed by atoms with E-state index in [2.05, 4.69) is 15.9 Å². The van der Waals surface area contributed by atoms with Gasteiger partial charge in [0.2, 0.25) is 0 Å². The van der Waals surface area contributed by atoms with Crippen LogP contribution in [0.1, 0.15) is 24.2 Å². The van der Waals surface area contributed by atoms with E-state index in [1.807, 2.05) is 0 Å². The molecule has 0 aliphatic rings. The zero-order valence-electron chi connectivity index (χ0n) is 11.1. The van der Waals surface area contributed by atoms with Crippen LogP contribution < -0.4 is 0 Å².